The predicted molar refractivity (Wildman–Crippen MR) is 73.2 cm³/mol. The van der Waals surface area contributed by atoms with Gasteiger partial charge in [-0.3, -0.25) is 4.79 Å². The van der Waals surface area contributed by atoms with E-state index in [4.69, 9.17) is 16.7 Å². The lowest BCUT2D eigenvalue weighted by Crippen LogP contribution is -2.42. The molecule has 3 N–H and O–H groups in total. The number of rotatable bonds is 6. The van der Waals surface area contributed by atoms with E-state index in [1.54, 1.807) is 12.1 Å². The van der Waals surface area contributed by atoms with E-state index in [1.807, 2.05) is 19.1 Å². The summed E-state index contributed by atoms with van der Waals surface area (Å²) in [4.78, 5) is 22.2. The molecule has 19 heavy (non-hydrogen) atoms. The summed E-state index contributed by atoms with van der Waals surface area (Å²) in [6.07, 6.45) is 0.492. The lowest BCUT2D eigenvalue weighted by atomic mass is 10.1. The molecule has 0 aromatic heterocycles. The Morgan fingerprint density at radius 3 is 2.47 bits per heavy atom. The normalized spacial score (nSPS) is 11.7. The van der Waals surface area contributed by atoms with E-state index in [2.05, 4.69) is 10.6 Å². The standard InChI is InChI=1S/C13H17ClN2O3/c1-2-11(7-12(17)18)16-13(19)15-8-9-3-5-10(14)6-4-9/h3-6,11H,2,7-8H2,1H3,(H,17,18)(H2,15,16,19). The smallest absolute Gasteiger partial charge is 0.315 e. The first-order chi connectivity index (χ1) is 9.01. The molecule has 1 aromatic rings. The fourth-order valence-electron chi connectivity index (χ4n) is 1.53. The zero-order valence-corrected chi connectivity index (χ0v) is 11.4. The van der Waals surface area contributed by atoms with Crippen molar-refractivity contribution in [2.75, 3.05) is 0 Å². The SMILES string of the molecule is CCC(CC(=O)O)NC(=O)NCc1ccc(Cl)cc1. The van der Waals surface area contributed by atoms with Crippen molar-refractivity contribution >= 4 is 23.6 Å². The number of nitrogens with one attached hydrogen (secondary N) is 2. The Balaban J connectivity index is 2.38. The summed E-state index contributed by atoms with van der Waals surface area (Å²) in [7, 11) is 0. The first kappa shape index (κ1) is 15.3. The molecule has 6 heteroatoms. The Morgan fingerprint density at radius 1 is 1.32 bits per heavy atom. The minimum Gasteiger partial charge on any atom is -0.481 e. The van der Waals surface area contributed by atoms with E-state index in [-0.39, 0.29) is 18.5 Å². The van der Waals surface area contributed by atoms with Crippen molar-refractivity contribution in [2.24, 2.45) is 0 Å². The Labute approximate surface area is 117 Å². The molecular weight excluding hydrogens is 268 g/mol. The Bertz CT molecular complexity index is 434. The second-order valence-corrected chi connectivity index (χ2v) is 4.59. The number of carbonyl (C=O) groups excluding carboxylic acids is 1. The average Bonchev–Trinajstić information content (AvgIpc) is 2.36. The summed E-state index contributed by atoms with van der Waals surface area (Å²) in [6.45, 7) is 2.19. The molecule has 0 aliphatic heterocycles. The van der Waals surface area contributed by atoms with Crippen LogP contribution in [0, 0.1) is 0 Å². The predicted octanol–water partition coefficient (Wildman–Crippen LogP) is 2.39. The molecule has 0 heterocycles. The van der Waals surface area contributed by atoms with Crippen LogP contribution in [0.4, 0.5) is 4.79 Å². The maximum Gasteiger partial charge on any atom is 0.315 e. The number of carbonyl (C=O) groups is 2. The van der Waals surface area contributed by atoms with Crippen molar-refractivity contribution in [1.82, 2.24) is 10.6 Å². The lowest BCUT2D eigenvalue weighted by molar-refractivity contribution is -0.137. The average molecular weight is 285 g/mol. The van der Waals surface area contributed by atoms with Crippen molar-refractivity contribution in [2.45, 2.75) is 32.4 Å². The first-order valence-corrected chi connectivity index (χ1v) is 6.39. The van der Waals surface area contributed by atoms with Crippen LogP contribution < -0.4 is 10.6 Å². The van der Waals surface area contributed by atoms with Crippen molar-refractivity contribution in [3.05, 3.63) is 34.9 Å². The van der Waals surface area contributed by atoms with E-state index in [0.29, 0.717) is 18.0 Å². The zero-order valence-electron chi connectivity index (χ0n) is 10.6. The largest absolute Gasteiger partial charge is 0.481 e. The van der Waals surface area contributed by atoms with Gasteiger partial charge in [-0.1, -0.05) is 30.7 Å². The molecule has 2 amide bonds. The van der Waals surface area contributed by atoms with Gasteiger partial charge in [-0.05, 0) is 24.1 Å². The summed E-state index contributed by atoms with van der Waals surface area (Å²) in [5.41, 5.74) is 0.922. The summed E-state index contributed by atoms with van der Waals surface area (Å²) in [5, 5.41) is 14.6. The van der Waals surface area contributed by atoms with Gasteiger partial charge in [0.25, 0.3) is 0 Å². The van der Waals surface area contributed by atoms with E-state index < -0.39 is 5.97 Å². The number of hydrogen-bond donors (Lipinski definition) is 3. The summed E-state index contributed by atoms with van der Waals surface area (Å²) in [6, 6.07) is 6.39. The summed E-state index contributed by atoms with van der Waals surface area (Å²) < 4.78 is 0. The van der Waals surface area contributed by atoms with Gasteiger partial charge < -0.3 is 15.7 Å². The van der Waals surface area contributed by atoms with Crippen LogP contribution in [-0.2, 0) is 11.3 Å². The number of urea groups is 1. The van der Waals surface area contributed by atoms with Crippen molar-refractivity contribution < 1.29 is 14.7 Å². The highest BCUT2D eigenvalue weighted by atomic mass is 35.5. The van der Waals surface area contributed by atoms with Crippen LogP contribution in [0.2, 0.25) is 5.02 Å². The molecule has 1 atom stereocenters. The van der Waals surface area contributed by atoms with Gasteiger partial charge in [-0.15, -0.1) is 0 Å². The van der Waals surface area contributed by atoms with E-state index in [9.17, 15) is 9.59 Å². The van der Waals surface area contributed by atoms with E-state index >= 15 is 0 Å². The zero-order chi connectivity index (χ0) is 14.3. The molecule has 0 aliphatic rings. The van der Waals surface area contributed by atoms with Crippen molar-refractivity contribution in [3.8, 4) is 0 Å². The molecule has 0 bridgehead atoms. The number of amides is 2. The minimum atomic E-state index is -0.926. The summed E-state index contributed by atoms with van der Waals surface area (Å²) in [5.74, 6) is -0.926. The van der Waals surface area contributed by atoms with Crippen LogP contribution in [0.1, 0.15) is 25.3 Å². The third kappa shape index (κ3) is 6.10. The van der Waals surface area contributed by atoms with Crippen LogP contribution in [-0.4, -0.2) is 23.1 Å². The highest BCUT2D eigenvalue weighted by Gasteiger charge is 2.13. The van der Waals surface area contributed by atoms with E-state index in [1.165, 1.54) is 0 Å². The molecule has 0 aliphatic carbocycles. The lowest BCUT2D eigenvalue weighted by Gasteiger charge is -2.15. The van der Waals surface area contributed by atoms with Gasteiger partial charge in [0, 0.05) is 17.6 Å². The second-order valence-electron chi connectivity index (χ2n) is 4.16. The second kappa shape index (κ2) is 7.63. The molecule has 0 fully saturated rings. The monoisotopic (exact) mass is 284 g/mol. The molecule has 0 spiro atoms. The Hall–Kier alpha value is -1.75. The van der Waals surface area contributed by atoms with Gasteiger partial charge in [0.2, 0.25) is 0 Å². The first-order valence-electron chi connectivity index (χ1n) is 6.02. The van der Waals surface area contributed by atoms with Crippen LogP contribution in [0.25, 0.3) is 0 Å². The number of benzene rings is 1. The molecule has 0 saturated heterocycles. The number of aliphatic carboxylic acids is 1. The molecule has 104 valence electrons. The van der Waals surface area contributed by atoms with Gasteiger partial charge >= 0.3 is 12.0 Å². The van der Waals surface area contributed by atoms with Crippen LogP contribution >= 0.6 is 11.6 Å². The topological polar surface area (TPSA) is 78.4 Å². The minimum absolute atomic E-state index is 0.0785. The maximum atomic E-state index is 11.6. The van der Waals surface area contributed by atoms with Gasteiger partial charge in [0.1, 0.15) is 0 Å². The van der Waals surface area contributed by atoms with Crippen LogP contribution in [0.5, 0.6) is 0 Å². The van der Waals surface area contributed by atoms with Crippen molar-refractivity contribution in [3.63, 3.8) is 0 Å². The molecule has 5 nitrogen and oxygen atoms in total. The number of halogens is 1. The number of hydrogen-bond acceptors (Lipinski definition) is 2. The molecule has 0 radical (unpaired) electrons. The molecular formula is C13H17ClN2O3. The highest BCUT2D eigenvalue weighted by molar-refractivity contribution is 6.30. The fourth-order valence-corrected chi connectivity index (χ4v) is 1.66. The van der Waals surface area contributed by atoms with Crippen LogP contribution in [0.15, 0.2) is 24.3 Å². The Kier molecular flexibility index (Phi) is 6.15. The highest BCUT2D eigenvalue weighted by Crippen LogP contribution is 2.09. The molecule has 1 unspecified atom stereocenters. The van der Waals surface area contributed by atoms with E-state index in [0.717, 1.165) is 5.56 Å². The number of carboxylic acids is 1. The maximum absolute atomic E-state index is 11.6. The van der Waals surface area contributed by atoms with Crippen LogP contribution in [0.3, 0.4) is 0 Å². The molecule has 1 aromatic carbocycles. The third-order valence-electron chi connectivity index (χ3n) is 2.62. The van der Waals surface area contributed by atoms with Gasteiger partial charge in [-0.2, -0.15) is 0 Å². The third-order valence-corrected chi connectivity index (χ3v) is 2.87. The van der Waals surface area contributed by atoms with Crippen molar-refractivity contribution in [1.29, 1.82) is 0 Å². The molecule has 1 rings (SSSR count). The quantitative estimate of drug-likeness (QED) is 0.750. The van der Waals surface area contributed by atoms with Gasteiger partial charge in [0.05, 0.1) is 6.42 Å². The fraction of sp³-hybridized carbons (Fsp3) is 0.385. The Morgan fingerprint density at radius 2 is 1.95 bits per heavy atom. The number of carboxylic acid groups (broad SMARTS) is 1. The van der Waals surface area contributed by atoms with Gasteiger partial charge in [0.15, 0.2) is 0 Å². The van der Waals surface area contributed by atoms with Gasteiger partial charge in [-0.25, -0.2) is 4.79 Å². The summed E-state index contributed by atoms with van der Waals surface area (Å²) >= 11 is 5.76. The molecule has 0 saturated carbocycles.